The maximum absolute atomic E-state index is 14.8. The van der Waals surface area contributed by atoms with Crippen molar-refractivity contribution in [3.63, 3.8) is 0 Å². The highest BCUT2D eigenvalue weighted by Crippen LogP contribution is 2.28. The SMILES string of the molecule is COC(=O)[C@@H](C)Cn1c(=O)nc(Nc2ccc(Oc3ccccn3)c(F)c2)n(CC2CCCCC2)c1=O. The lowest BCUT2D eigenvalue weighted by Crippen LogP contribution is -2.45. The molecular formula is C26H30FN5O5. The Balaban J connectivity index is 1.65. The highest BCUT2D eigenvalue weighted by Gasteiger charge is 2.22. The first kappa shape index (κ1) is 26.1. The summed E-state index contributed by atoms with van der Waals surface area (Å²) in [6.45, 7) is 1.77. The molecule has 1 aliphatic carbocycles. The smallest absolute Gasteiger partial charge is 0.354 e. The number of pyridine rings is 1. The molecule has 37 heavy (non-hydrogen) atoms. The van der Waals surface area contributed by atoms with Crippen LogP contribution in [0.2, 0.25) is 0 Å². The second kappa shape index (κ2) is 11.8. The molecule has 1 saturated carbocycles. The van der Waals surface area contributed by atoms with Crippen LogP contribution in [0, 0.1) is 17.7 Å². The van der Waals surface area contributed by atoms with Gasteiger partial charge in [-0.3, -0.25) is 9.36 Å². The molecule has 0 saturated heterocycles. The first-order valence-corrected chi connectivity index (χ1v) is 12.3. The molecule has 0 spiro atoms. The molecule has 1 aliphatic rings. The van der Waals surface area contributed by atoms with Crippen LogP contribution in [0.15, 0.2) is 52.2 Å². The molecule has 4 rings (SSSR count). The Hall–Kier alpha value is -4.02. The molecule has 0 aliphatic heterocycles. The van der Waals surface area contributed by atoms with Crippen molar-refractivity contribution in [1.29, 1.82) is 0 Å². The van der Waals surface area contributed by atoms with E-state index in [2.05, 4.69) is 15.3 Å². The van der Waals surface area contributed by atoms with Crippen molar-refractivity contribution in [1.82, 2.24) is 19.1 Å². The van der Waals surface area contributed by atoms with Gasteiger partial charge in [0, 0.05) is 37.1 Å². The van der Waals surface area contributed by atoms with Crippen molar-refractivity contribution in [2.24, 2.45) is 11.8 Å². The minimum absolute atomic E-state index is 0.0142. The van der Waals surface area contributed by atoms with E-state index in [1.165, 1.54) is 30.0 Å². The number of hydrogen-bond donors (Lipinski definition) is 1. The Kier molecular flexibility index (Phi) is 8.32. The van der Waals surface area contributed by atoms with Crippen LogP contribution in [-0.2, 0) is 22.6 Å². The number of ether oxygens (including phenoxy) is 2. The summed E-state index contributed by atoms with van der Waals surface area (Å²) in [6.07, 6.45) is 6.73. The third kappa shape index (κ3) is 6.41. The Labute approximate surface area is 213 Å². The molecule has 1 atom stereocenters. The Morgan fingerprint density at radius 2 is 1.95 bits per heavy atom. The summed E-state index contributed by atoms with van der Waals surface area (Å²) in [7, 11) is 1.25. The van der Waals surface area contributed by atoms with Gasteiger partial charge in [-0.1, -0.05) is 32.3 Å². The van der Waals surface area contributed by atoms with Crippen molar-refractivity contribution < 1.29 is 18.7 Å². The number of carbonyl (C=O) groups is 1. The molecule has 0 radical (unpaired) electrons. The van der Waals surface area contributed by atoms with E-state index in [1.807, 2.05) is 0 Å². The van der Waals surface area contributed by atoms with Gasteiger partial charge in [-0.25, -0.2) is 23.5 Å². The molecule has 2 aromatic heterocycles. The van der Waals surface area contributed by atoms with Crippen LogP contribution < -0.4 is 21.4 Å². The van der Waals surface area contributed by atoms with Gasteiger partial charge in [0.05, 0.1) is 13.0 Å². The van der Waals surface area contributed by atoms with Crippen molar-refractivity contribution in [2.75, 3.05) is 12.4 Å². The minimum atomic E-state index is -0.807. The third-order valence-electron chi connectivity index (χ3n) is 6.42. The summed E-state index contributed by atoms with van der Waals surface area (Å²) in [5.74, 6) is -1.42. The number of aromatic nitrogens is 4. The van der Waals surface area contributed by atoms with Crippen LogP contribution in [0.3, 0.4) is 0 Å². The zero-order valence-corrected chi connectivity index (χ0v) is 20.9. The van der Waals surface area contributed by atoms with Crippen molar-refractivity contribution >= 4 is 17.6 Å². The lowest BCUT2D eigenvalue weighted by molar-refractivity contribution is -0.145. The highest BCUT2D eigenvalue weighted by atomic mass is 19.1. The summed E-state index contributed by atoms with van der Waals surface area (Å²) in [4.78, 5) is 46.3. The van der Waals surface area contributed by atoms with E-state index in [9.17, 15) is 18.8 Å². The topological polar surface area (TPSA) is 117 Å². The minimum Gasteiger partial charge on any atom is -0.469 e. The molecule has 0 amide bonds. The quantitative estimate of drug-likeness (QED) is 0.431. The van der Waals surface area contributed by atoms with E-state index in [-0.39, 0.29) is 35.7 Å². The number of benzene rings is 1. The molecule has 0 bridgehead atoms. The van der Waals surface area contributed by atoms with Crippen LogP contribution in [0.1, 0.15) is 39.0 Å². The highest BCUT2D eigenvalue weighted by molar-refractivity contribution is 5.71. The van der Waals surface area contributed by atoms with Crippen LogP contribution in [0.25, 0.3) is 0 Å². The molecule has 2 heterocycles. The number of halogens is 1. The zero-order chi connectivity index (χ0) is 26.4. The largest absolute Gasteiger partial charge is 0.469 e. The fraction of sp³-hybridized carbons (Fsp3) is 0.423. The van der Waals surface area contributed by atoms with Gasteiger partial charge in [0.1, 0.15) is 0 Å². The molecule has 196 valence electrons. The van der Waals surface area contributed by atoms with E-state index in [4.69, 9.17) is 9.47 Å². The molecule has 11 heteroatoms. The van der Waals surface area contributed by atoms with Gasteiger partial charge in [0.25, 0.3) is 0 Å². The summed E-state index contributed by atoms with van der Waals surface area (Å²) in [5, 5.41) is 2.93. The van der Waals surface area contributed by atoms with E-state index in [0.29, 0.717) is 6.54 Å². The first-order valence-electron chi connectivity index (χ1n) is 12.3. The van der Waals surface area contributed by atoms with Crippen LogP contribution >= 0.6 is 0 Å². The third-order valence-corrected chi connectivity index (χ3v) is 6.42. The summed E-state index contributed by atoms with van der Waals surface area (Å²) in [5.41, 5.74) is -1.10. The normalized spacial score (nSPS) is 14.7. The number of hydrogen-bond acceptors (Lipinski definition) is 8. The molecule has 0 unspecified atom stereocenters. The number of nitrogens with one attached hydrogen (secondary N) is 1. The number of carbonyl (C=O) groups excluding carboxylic acids is 1. The predicted molar refractivity (Wildman–Crippen MR) is 135 cm³/mol. The molecule has 1 aromatic carbocycles. The first-order chi connectivity index (χ1) is 17.9. The van der Waals surface area contributed by atoms with E-state index in [0.717, 1.165) is 36.7 Å². The maximum atomic E-state index is 14.8. The Bertz CT molecular complexity index is 1350. The lowest BCUT2D eigenvalue weighted by atomic mass is 9.89. The standard InChI is InChI=1S/C26H30FN5O5/c1-17(23(33)36-2)15-32-25(34)30-24(31(26(32)35)16-18-8-4-3-5-9-18)29-19-11-12-21(20(27)14-19)37-22-10-6-7-13-28-22/h6-7,10-14,17-18H,3-5,8-9,15-16H2,1-2H3,(H,29,30,34)/t17-/m0/s1. The van der Waals surface area contributed by atoms with Gasteiger partial charge < -0.3 is 14.8 Å². The summed E-state index contributed by atoms with van der Waals surface area (Å²) < 4.78 is 27.4. The number of nitrogens with zero attached hydrogens (tertiary/aromatic N) is 4. The number of anilines is 2. The molecule has 1 N–H and O–H groups in total. The van der Waals surface area contributed by atoms with Crippen LogP contribution in [0.4, 0.5) is 16.0 Å². The average molecular weight is 512 g/mol. The molecule has 1 fully saturated rings. The number of methoxy groups -OCH3 is 1. The van der Waals surface area contributed by atoms with Gasteiger partial charge in [0.15, 0.2) is 11.6 Å². The summed E-state index contributed by atoms with van der Waals surface area (Å²) >= 11 is 0. The fourth-order valence-corrected chi connectivity index (χ4v) is 4.43. The molecule has 3 aromatic rings. The Morgan fingerprint density at radius 1 is 1.16 bits per heavy atom. The maximum Gasteiger partial charge on any atom is 0.354 e. The van der Waals surface area contributed by atoms with E-state index < -0.39 is 29.1 Å². The summed E-state index contributed by atoms with van der Waals surface area (Å²) in [6, 6.07) is 9.23. The predicted octanol–water partition coefficient (Wildman–Crippen LogP) is 3.86. The molecular weight excluding hydrogens is 481 g/mol. The van der Waals surface area contributed by atoms with Gasteiger partial charge >= 0.3 is 17.3 Å². The zero-order valence-electron chi connectivity index (χ0n) is 20.9. The lowest BCUT2D eigenvalue weighted by Gasteiger charge is -2.24. The van der Waals surface area contributed by atoms with Gasteiger partial charge in [-0.2, -0.15) is 4.98 Å². The van der Waals surface area contributed by atoms with Crippen molar-refractivity contribution in [3.8, 4) is 11.6 Å². The molecule has 10 nitrogen and oxygen atoms in total. The van der Waals surface area contributed by atoms with Crippen molar-refractivity contribution in [2.45, 2.75) is 52.1 Å². The number of esters is 1. The average Bonchev–Trinajstić information content (AvgIpc) is 2.91. The second-order valence-corrected chi connectivity index (χ2v) is 9.19. The van der Waals surface area contributed by atoms with E-state index in [1.54, 1.807) is 31.2 Å². The van der Waals surface area contributed by atoms with Gasteiger partial charge in [0.2, 0.25) is 11.8 Å². The van der Waals surface area contributed by atoms with Crippen LogP contribution in [0.5, 0.6) is 11.6 Å². The van der Waals surface area contributed by atoms with Crippen LogP contribution in [-0.4, -0.2) is 32.2 Å². The fourth-order valence-electron chi connectivity index (χ4n) is 4.43. The monoisotopic (exact) mass is 511 g/mol. The Morgan fingerprint density at radius 3 is 2.62 bits per heavy atom. The number of rotatable bonds is 9. The van der Waals surface area contributed by atoms with Gasteiger partial charge in [-0.15, -0.1) is 0 Å². The second-order valence-electron chi connectivity index (χ2n) is 9.19. The van der Waals surface area contributed by atoms with Gasteiger partial charge in [-0.05, 0) is 37.0 Å². The van der Waals surface area contributed by atoms with E-state index >= 15 is 0 Å². The van der Waals surface area contributed by atoms with Crippen molar-refractivity contribution in [3.05, 3.63) is 69.4 Å².